The number of hydrogen-bond acceptors (Lipinski definition) is 6. The summed E-state index contributed by atoms with van der Waals surface area (Å²) in [5, 5.41) is 10.5. The second-order valence-corrected chi connectivity index (χ2v) is 9.04. The van der Waals surface area contributed by atoms with Gasteiger partial charge in [-0.15, -0.1) is 11.3 Å². The van der Waals surface area contributed by atoms with Gasteiger partial charge in [-0.25, -0.2) is 4.98 Å². The van der Waals surface area contributed by atoms with Crippen LogP contribution in [0, 0.1) is 17.2 Å². The van der Waals surface area contributed by atoms with E-state index in [1.807, 2.05) is 31.2 Å². The zero-order valence-corrected chi connectivity index (χ0v) is 17.5. The number of hydrogen-bond donors (Lipinski definition) is 0. The minimum absolute atomic E-state index is 0.0123. The maximum atomic E-state index is 13.6. The molecule has 0 bridgehead atoms. The van der Waals surface area contributed by atoms with Crippen molar-refractivity contribution in [2.45, 2.75) is 37.8 Å². The van der Waals surface area contributed by atoms with Crippen molar-refractivity contribution >= 4 is 33.3 Å². The first kappa shape index (κ1) is 19.0. The van der Waals surface area contributed by atoms with Crippen LogP contribution < -0.4 is 10.3 Å². The van der Waals surface area contributed by atoms with Gasteiger partial charge in [0.1, 0.15) is 10.6 Å². The molecule has 144 valence electrons. The Kier molecular flexibility index (Phi) is 5.42. The molecule has 1 aliphatic carbocycles. The summed E-state index contributed by atoms with van der Waals surface area (Å²) in [6.07, 6.45) is 4.28. The van der Waals surface area contributed by atoms with Crippen molar-refractivity contribution in [2.24, 2.45) is 5.92 Å². The molecule has 0 saturated carbocycles. The van der Waals surface area contributed by atoms with Crippen LogP contribution in [-0.4, -0.2) is 22.4 Å². The van der Waals surface area contributed by atoms with Crippen molar-refractivity contribution in [1.82, 2.24) is 9.55 Å². The first-order valence-electron chi connectivity index (χ1n) is 9.36. The fraction of sp³-hybridized carbons (Fsp3) is 0.381. The first-order valence-corrected chi connectivity index (χ1v) is 11.2. The minimum Gasteiger partial charge on any atom is -0.497 e. The smallest absolute Gasteiger partial charge is 0.267 e. The summed E-state index contributed by atoms with van der Waals surface area (Å²) in [7, 11) is 1.62. The number of nitriles is 1. The van der Waals surface area contributed by atoms with Gasteiger partial charge in [0.2, 0.25) is 0 Å². The zero-order chi connectivity index (χ0) is 19.7. The van der Waals surface area contributed by atoms with Gasteiger partial charge in [-0.3, -0.25) is 9.36 Å². The Bertz CT molecular complexity index is 1110. The largest absolute Gasteiger partial charge is 0.497 e. The van der Waals surface area contributed by atoms with Crippen LogP contribution in [-0.2, 0) is 12.8 Å². The fourth-order valence-electron chi connectivity index (χ4n) is 3.48. The molecule has 1 aromatic carbocycles. The standard InChI is InChI=1S/C21H21N3O2S2/c1-13(11-22)12-27-21-23-19-18(16-5-3-4-6-17(16)28-19)20(25)24(21)14-7-9-15(26-2)10-8-14/h7-10,13H,3-6,12H2,1-2H3/t13-/m1/s1. The third-order valence-corrected chi connectivity index (χ3v) is 7.36. The lowest BCUT2D eigenvalue weighted by atomic mass is 9.97. The number of methoxy groups -OCH3 is 1. The minimum atomic E-state index is -0.113. The van der Waals surface area contributed by atoms with Crippen LogP contribution in [0.1, 0.15) is 30.2 Å². The molecule has 2 aromatic heterocycles. The molecule has 3 aromatic rings. The van der Waals surface area contributed by atoms with Crippen molar-refractivity contribution in [2.75, 3.05) is 12.9 Å². The second-order valence-electron chi connectivity index (χ2n) is 6.97. The van der Waals surface area contributed by atoms with Gasteiger partial charge < -0.3 is 4.74 Å². The highest BCUT2D eigenvalue weighted by Crippen LogP contribution is 2.35. The van der Waals surface area contributed by atoms with E-state index in [4.69, 9.17) is 15.0 Å². The van der Waals surface area contributed by atoms with E-state index < -0.39 is 0 Å². The molecule has 28 heavy (non-hydrogen) atoms. The average molecular weight is 412 g/mol. The van der Waals surface area contributed by atoms with Gasteiger partial charge in [-0.2, -0.15) is 5.26 Å². The Morgan fingerprint density at radius 2 is 2.07 bits per heavy atom. The predicted molar refractivity (Wildman–Crippen MR) is 114 cm³/mol. The van der Waals surface area contributed by atoms with E-state index >= 15 is 0 Å². The van der Waals surface area contributed by atoms with Crippen LogP contribution in [0.5, 0.6) is 5.75 Å². The number of aromatic nitrogens is 2. The average Bonchev–Trinajstić information content (AvgIpc) is 3.10. The fourth-order valence-corrected chi connectivity index (χ4v) is 5.74. The Labute approximate surface area is 172 Å². The van der Waals surface area contributed by atoms with Gasteiger partial charge in [0.25, 0.3) is 5.56 Å². The van der Waals surface area contributed by atoms with E-state index in [0.29, 0.717) is 10.9 Å². The van der Waals surface area contributed by atoms with Crippen LogP contribution in [0.2, 0.25) is 0 Å². The lowest BCUT2D eigenvalue weighted by Crippen LogP contribution is -2.22. The van der Waals surface area contributed by atoms with E-state index in [2.05, 4.69) is 6.07 Å². The van der Waals surface area contributed by atoms with E-state index in [0.717, 1.165) is 40.9 Å². The lowest BCUT2D eigenvalue weighted by Gasteiger charge is -2.14. The molecule has 0 spiro atoms. The zero-order valence-electron chi connectivity index (χ0n) is 15.9. The summed E-state index contributed by atoms with van der Waals surface area (Å²) in [5.74, 6) is 1.22. The highest BCUT2D eigenvalue weighted by molar-refractivity contribution is 7.99. The Hall–Kier alpha value is -2.30. The van der Waals surface area contributed by atoms with Crippen molar-refractivity contribution in [1.29, 1.82) is 5.26 Å². The summed E-state index contributed by atoms with van der Waals surface area (Å²) in [6.45, 7) is 1.88. The summed E-state index contributed by atoms with van der Waals surface area (Å²) in [5.41, 5.74) is 1.94. The highest BCUT2D eigenvalue weighted by atomic mass is 32.2. The molecule has 1 atom stereocenters. The molecule has 2 heterocycles. The molecule has 0 fully saturated rings. The van der Waals surface area contributed by atoms with Crippen molar-refractivity contribution in [3.05, 3.63) is 45.1 Å². The molecular weight excluding hydrogens is 390 g/mol. The van der Waals surface area contributed by atoms with Gasteiger partial charge in [0.05, 0.1) is 30.2 Å². The van der Waals surface area contributed by atoms with E-state index in [1.54, 1.807) is 23.0 Å². The van der Waals surface area contributed by atoms with Crippen LogP contribution in [0.4, 0.5) is 0 Å². The van der Waals surface area contributed by atoms with E-state index in [-0.39, 0.29) is 11.5 Å². The number of nitrogens with zero attached hydrogens (tertiary/aromatic N) is 3. The number of aryl methyl sites for hydroxylation is 2. The van der Waals surface area contributed by atoms with E-state index in [9.17, 15) is 4.79 Å². The molecule has 0 aliphatic heterocycles. The number of thioether (sulfide) groups is 1. The Balaban J connectivity index is 1.91. The quantitative estimate of drug-likeness (QED) is 0.454. The third-order valence-electron chi connectivity index (χ3n) is 4.97. The highest BCUT2D eigenvalue weighted by Gasteiger charge is 2.23. The summed E-state index contributed by atoms with van der Waals surface area (Å²) in [4.78, 5) is 20.6. The van der Waals surface area contributed by atoms with Crippen LogP contribution >= 0.6 is 23.1 Å². The predicted octanol–water partition coefficient (Wildman–Crippen LogP) is 4.59. The van der Waals surface area contributed by atoms with E-state index in [1.165, 1.54) is 28.6 Å². The molecule has 4 rings (SSSR count). The molecule has 0 unspecified atom stereocenters. The molecule has 0 N–H and O–H groups in total. The van der Waals surface area contributed by atoms with Crippen LogP contribution in [0.15, 0.2) is 34.2 Å². The summed E-state index contributed by atoms with van der Waals surface area (Å²) < 4.78 is 6.94. The molecule has 0 radical (unpaired) electrons. The molecule has 1 aliphatic rings. The van der Waals surface area contributed by atoms with Gasteiger partial charge in [0, 0.05) is 10.6 Å². The van der Waals surface area contributed by atoms with Gasteiger partial charge in [0.15, 0.2) is 5.16 Å². The molecular formula is C21H21N3O2S2. The maximum absolute atomic E-state index is 13.6. The first-order chi connectivity index (χ1) is 13.6. The number of ether oxygens (including phenoxy) is 1. The normalized spacial score (nSPS) is 14.5. The monoisotopic (exact) mass is 411 g/mol. The Morgan fingerprint density at radius 1 is 1.32 bits per heavy atom. The van der Waals surface area contributed by atoms with Crippen LogP contribution in [0.3, 0.4) is 0 Å². The number of benzene rings is 1. The second kappa shape index (κ2) is 7.98. The summed E-state index contributed by atoms with van der Waals surface area (Å²) >= 11 is 3.12. The van der Waals surface area contributed by atoms with Crippen molar-refractivity contribution in [3.8, 4) is 17.5 Å². The van der Waals surface area contributed by atoms with Crippen molar-refractivity contribution < 1.29 is 4.74 Å². The lowest BCUT2D eigenvalue weighted by molar-refractivity contribution is 0.414. The number of rotatable bonds is 5. The number of thiophene rings is 1. The third kappa shape index (κ3) is 3.43. The van der Waals surface area contributed by atoms with Gasteiger partial charge >= 0.3 is 0 Å². The number of fused-ring (bicyclic) bond motifs is 3. The van der Waals surface area contributed by atoms with Crippen molar-refractivity contribution in [3.63, 3.8) is 0 Å². The SMILES string of the molecule is COc1ccc(-n2c(SC[C@H](C)C#N)nc3sc4c(c3c2=O)CCCC4)cc1. The van der Waals surface area contributed by atoms with Gasteiger partial charge in [-0.05, 0) is 62.4 Å². The van der Waals surface area contributed by atoms with Gasteiger partial charge in [-0.1, -0.05) is 11.8 Å². The molecule has 0 saturated heterocycles. The summed E-state index contributed by atoms with van der Waals surface area (Å²) in [6, 6.07) is 9.71. The molecule has 7 heteroatoms. The maximum Gasteiger partial charge on any atom is 0.267 e. The molecule has 0 amide bonds. The molecule has 5 nitrogen and oxygen atoms in total. The van der Waals surface area contributed by atoms with Crippen LogP contribution in [0.25, 0.3) is 15.9 Å². The Morgan fingerprint density at radius 3 is 2.79 bits per heavy atom. The topological polar surface area (TPSA) is 67.9 Å².